The number of hydrogen-bond acceptors (Lipinski definition) is 2. The Morgan fingerprint density at radius 3 is 2.60 bits per heavy atom. The third-order valence-electron chi connectivity index (χ3n) is 3.46. The molecular weight excluding hydrogens is 293 g/mol. The molecule has 2 aromatic carbocycles. The van der Waals surface area contributed by atoms with Crippen molar-refractivity contribution in [1.29, 1.82) is 0 Å². The van der Waals surface area contributed by atoms with E-state index in [2.05, 4.69) is 24.4 Å². The van der Waals surface area contributed by atoms with E-state index in [4.69, 9.17) is 27.9 Å². The lowest BCUT2D eigenvalue weighted by Crippen LogP contribution is -2.06. The van der Waals surface area contributed by atoms with Gasteiger partial charge in [0.15, 0.2) is 0 Å². The molecule has 20 heavy (non-hydrogen) atoms. The highest BCUT2D eigenvalue weighted by Crippen LogP contribution is 2.30. The Morgan fingerprint density at radius 2 is 1.85 bits per heavy atom. The molecule has 0 bridgehead atoms. The number of benzene rings is 2. The van der Waals surface area contributed by atoms with Gasteiger partial charge in [-0.2, -0.15) is 0 Å². The molecule has 1 N–H and O–H groups in total. The minimum Gasteiger partial charge on any atom is -0.493 e. The van der Waals surface area contributed by atoms with Crippen molar-refractivity contribution in [3.8, 4) is 5.75 Å². The third-order valence-corrected chi connectivity index (χ3v) is 3.90. The highest BCUT2D eigenvalue weighted by Gasteiger charge is 2.14. The van der Waals surface area contributed by atoms with E-state index in [1.807, 2.05) is 18.2 Å². The van der Waals surface area contributed by atoms with Crippen molar-refractivity contribution in [1.82, 2.24) is 0 Å². The minimum atomic E-state index is 0.176. The zero-order chi connectivity index (χ0) is 14.1. The lowest BCUT2D eigenvalue weighted by atomic mass is 10.0. The zero-order valence-electron chi connectivity index (χ0n) is 11.1. The van der Waals surface area contributed by atoms with Gasteiger partial charge in [0.05, 0.1) is 6.61 Å². The molecule has 0 spiro atoms. The Bertz CT molecular complexity index is 622. The fraction of sp³-hybridized carbons (Fsp3) is 0.250. The first-order chi connectivity index (χ1) is 9.61. The molecule has 1 unspecified atom stereocenters. The second kappa shape index (κ2) is 5.55. The van der Waals surface area contributed by atoms with Gasteiger partial charge in [-0.15, -0.1) is 0 Å². The molecule has 2 nitrogen and oxygen atoms in total. The summed E-state index contributed by atoms with van der Waals surface area (Å²) in [6, 6.07) is 12.0. The molecule has 1 aliphatic rings. The van der Waals surface area contributed by atoms with Crippen LogP contribution in [0.1, 0.15) is 24.1 Å². The van der Waals surface area contributed by atoms with Crippen LogP contribution in [0.2, 0.25) is 10.0 Å². The monoisotopic (exact) mass is 307 g/mol. The van der Waals surface area contributed by atoms with Crippen LogP contribution < -0.4 is 10.1 Å². The van der Waals surface area contributed by atoms with Crippen LogP contribution in [0.4, 0.5) is 5.69 Å². The predicted molar refractivity (Wildman–Crippen MR) is 84.1 cm³/mol. The van der Waals surface area contributed by atoms with Gasteiger partial charge in [-0.25, -0.2) is 0 Å². The van der Waals surface area contributed by atoms with E-state index in [0.717, 1.165) is 24.5 Å². The van der Waals surface area contributed by atoms with E-state index in [1.165, 1.54) is 11.1 Å². The minimum absolute atomic E-state index is 0.176. The van der Waals surface area contributed by atoms with Gasteiger partial charge in [0.1, 0.15) is 5.75 Å². The van der Waals surface area contributed by atoms with Crippen molar-refractivity contribution in [3.05, 3.63) is 57.6 Å². The average Bonchev–Trinajstić information content (AvgIpc) is 2.84. The highest BCUT2D eigenvalue weighted by atomic mass is 35.5. The normalized spacial score (nSPS) is 14.6. The first kappa shape index (κ1) is 13.6. The smallest absolute Gasteiger partial charge is 0.122 e. The van der Waals surface area contributed by atoms with Gasteiger partial charge in [0.25, 0.3) is 0 Å². The van der Waals surface area contributed by atoms with Crippen LogP contribution in [0.25, 0.3) is 0 Å². The first-order valence-electron chi connectivity index (χ1n) is 6.60. The number of rotatable bonds is 3. The Balaban J connectivity index is 1.80. The largest absolute Gasteiger partial charge is 0.493 e. The van der Waals surface area contributed by atoms with Crippen LogP contribution >= 0.6 is 23.2 Å². The molecule has 1 atom stereocenters. The molecule has 0 saturated carbocycles. The second-order valence-corrected chi connectivity index (χ2v) is 5.86. The van der Waals surface area contributed by atoms with E-state index < -0.39 is 0 Å². The second-order valence-electron chi connectivity index (χ2n) is 4.99. The molecule has 4 heteroatoms. The highest BCUT2D eigenvalue weighted by molar-refractivity contribution is 6.35. The van der Waals surface area contributed by atoms with Crippen molar-refractivity contribution in [2.24, 2.45) is 0 Å². The van der Waals surface area contributed by atoms with E-state index >= 15 is 0 Å². The summed E-state index contributed by atoms with van der Waals surface area (Å²) < 4.78 is 5.53. The van der Waals surface area contributed by atoms with Crippen LogP contribution in [-0.2, 0) is 6.42 Å². The summed E-state index contributed by atoms with van der Waals surface area (Å²) in [5, 5.41) is 4.69. The van der Waals surface area contributed by atoms with Crippen molar-refractivity contribution in [3.63, 3.8) is 0 Å². The van der Waals surface area contributed by atoms with Gasteiger partial charge >= 0.3 is 0 Å². The maximum Gasteiger partial charge on any atom is 0.122 e. The third kappa shape index (κ3) is 2.87. The van der Waals surface area contributed by atoms with Crippen LogP contribution in [-0.4, -0.2) is 6.61 Å². The molecule has 2 aromatic rings. The van der Waals surface area contributed by atoms with Crippen LogP contribution in [0.5, 0.6) is 5.75 Å². The molecule has 3 rings (SSSR count). The average molecular weight is 308 g/mol. The number of halogens is 2. The van der Waals surface area contributed by atoms with E-state index in [-0.39, 0.29) is 6.04 Å². The number of anilines is 1. The maximum atomic E-state index is 6.02. The Morgan fingerprint density at radius 1 is 1.10 bits per heavy atom. The van der Waals surface area contributed by atoms with E-state index in [0.29, 0.717) is 10.0 Å². The van der Waals surface area contributed by atoms with Crippen molar-refractivity contribution < 1.29 is 4.74 Å². The van der Waals surface area contributed by atoms with Gasteiger partial charge in [-0.05, 0) is 48.4 Å². The van der Waals surface area contributed by atoms with E-state index in [9.17, 15) is 0 Å². The topological polar surface area (TPSA) is 21.3 Å². The fourth-order valence-corrected chi connectivity index (χ4v) is 2.97. The quantitative estimate of drug-likeness (QED) is 0.851. The molecule has 0 amide bonds. The number of nitrogens with one attached hydrogen (secondary N) is 1. The summed E-state index contributed by atoms with van der Waals surface area (Å²) in [6.45, 7) is 2.90. The van der Waals surface area contributed by atoms with Gasteiger partial charge in [0, 0.05) is 28.2 Å². The standard InChI is InChI=1S/C16H15Cl2NO/c1-10(19-15-8-13(17)7-14(18)9-15)11-2-3-16-12(6-11)4-5-20-16/h2-3,6-10,19H,4-5H2,1H3. The maximum absolute atomic E-state index is 6.02. The number of ether oxygens (including phenoxy) is 1. The van der Waals surface area contributed by atoms with Crippen LogP contribution in [0.3, 0.4) is 0 Å². The van der Waals surface area contributed by atoms with Gasteiger partial charge < -0.3 is 10.1 Å². The summed E-state index contributed by atoms with van der Waals surface area (Å²) in [5.74, 6) is 1.01. The fourth-order valence-electron chi connectivity index (χ4n) is 2.45. The SMILES string of the molecule is CC(Nc1cc(Cl)cc(Cl)c1)c1ccc2c(c1)CCO2. The molecule has 1 heterocycles. The summed E-state index contributed by atoms with van der Waals surface area (Å²) in [7, 11) is 0. The van der Waals surface area contributed by atoms with Gasteiger partial charge in [-0.1, -0.05) is 29.3 Å². The summed E-state index contributed by atoms with van der Waals surface area (Å²) in [6.07, 6.45) is 0.985. The van der Waals surface area contributed by atoms with Crippen LogP contribution in [0.15, 0.2) is 36.4 Å². The number of fused-ring (bicyclic) bond motifs is 1. The Kier molecular flexibility index (Phi) is 3.77. The number of hydrogen-bond donors (Lipinski definition) is 1. The summed E-state index contributed by atoms with van der Waals surface area (Å²) in [5.41, 5.74) is 3.43. The Hall–Kier alpha value is -1.38. The summed E-state index contributed by atoms with van der Waals surface area (Å²) in [4.78, 5) is 0. The molecule has 0 saturated heterocycles. The van der Waals surface area contributed by atoms with Gasteiger partial charge in [-0.3, -0.25) is 0 Å². The summed E-state index contributed by atoms with van der Waals surface area (Å²) >= 11 is 12.0. The molecule has 0 aliphatic carbocycles. The van der Waals surface area contributed by atoms with E-state index in [1.54, 1.807) is 6.07 Å². The lowest BCUT2D eigenvalue weighted by molar-refractivity contribution is 0.357. The predicted octanol–water partition coefficient (Wildman–Crippen LogP) is 5.10. The van der Waals surface area contributed by atoms with Crippen molar-refractivity contribution in [2.45, 2.75) is 19.4 Å². The molecule has 0 fully saturated rings. The molecule has 104 valence electrons. The van der Waals surface area contributed by atoms with Crippen molar-refractivity contribution in [2.75, 3.05) is 11.9 Å². The lowest BCUT2D eigenvalue weighted by Gasteiger charge is -2.17. The molecule has 0 aromatic heterocycles. The first-order valence-corrected chi connectivity index (χ1v) is 7.36. The van der Waals surface area contributed by atoms with Crippen molar-refractivity contribution >= 4 is 28.9 Å². The van der Waals surface area contributed by atoms with Gasteiger partial charge in [0.2, 0.25) is 0 Å². The Labute approximate surface area is 128 Å². The molecule has 1 aliphatic heterocycles. The molecular formula is C16H15Cl2NO. The zero-order valence-corrected chi connectivity index (χ0v) is 12.6. The molecule has 0 radical (unpaired) electrons. The van der Waals surface area contributed by atoms with Crippen LogP contribution in [0, 0.1) is 0 Å².